The van der Waals surface area contributed by atoms with Crippen molar-refractivity contribution in [2.24, 2.45) is 0 Å². The summed E-state index contributed by atoms with van der Waals surface area (Å²) >= 11 is 0. The summed E-state index contributed by atoms with van der Waals surface area (Å²) < 4.78 is 2.02. The van der Waals surface area contributed by atoms with Gasteiger partial charge in [0.25, 0.3) is 0 Å². The Morgan fingerprint density at radius 2 is 1.33 bits per heavy atom. The van der Waals surface area contributed by atoms with E-state index in [1.54, 1.807) is 0 Å². The minimum Gasteiger partial charge on any atom is -0.256 e. The average Bonchev–Trinajstić information content (AvgIpc) is 2.69. The molecule has 0 aliphatic heterocycles. The molecule has 0 fully saturated rings. The Labute approximate surface area is 142 Å². The van der Waals surface area contributed by atoms with Crippen LogP contribution in [0.15, 0.2) is 104 Å². The van der Waals surface area contributed by atoms with Crippen molar-refractivity contribution in [3.63, 3.8) is 0 Å². The van der Waals surface area contributed by atoms with Crippen LogP contribution in [0.2, 0.25) is 0 Å². The lowest BCUT2D eigenvalue weighted by Gasteiger charge is -1.91. The molecule has 116 valence electrons. The molecule has 24 heavy (non-hydrogen) atoms. The maximum absolute atomic E-state index is 4.18. The molecule has 2 nitrogen and oxygen atoms in total. The SMILES string of the molecule is C(=C[n+]1ccccc1)c1ccccc1.c1ccc2ncccc2c1. The van der Waals surface area contributed by atoms with E-state index in [2.05, 4.69) is 35.3 Å². The van der Waals surface area contributed by atoms with Crippen LogP contribution in [0.25, 0.3) is 23.2 Å². The molecule has 0 bridgehead atoms. The molecule has 2 heterocycles. The lowest BCUT2D eigenvalue weighted by Crippen LogP contribution is -2.23. The first-order valence-electron chi connectivity index (χ1n) is 7.91. The predicted octanol–water partition coefficient (Wildman–Crippen LogP) is 4.84. The van der Waals surface area contributed by atoms with Crippen molar-refractivity contribution in [1.29, 1.82) is 0 Å². The minimum absolute atomic E-state index is 1.06. The summed E-state index contributed by atoms with van der Waals surface area (Å²) in [6.45, 7) is 0. The summed E-state index contributed by atoms with van der Waals surface area (Å²) in [4.78, 5) is 4.18. The van der Waals surface area contributed by atoms with Crippen molar-refractivity contribution in [2.75, 3.05) is 0 Å². The quantitative estimate of drug-likeness (QED) is 0.484. The van der Waals surface area contributed by atoms with E-state index in [1.807, 2.05) is 90.0 Å². The Kier molecular flexibility index (Phi) is 5.47. The Balaban J connectivity index is 0.000000149. The van der Waals surface area contributed by atoms with E-state index in [-0.39, 0.29) is 0 Å². The zero-order chi connectivity index (χ0) is 16.5. The van der Waals surface area contributed by atoms with E-state index >= 15 is 0 Å². The maximum Gasteiger partial charge on any atom is 0.175 e. The van der Waals surface area contributed by atoms with Crippen molar-refractivity contribution >= 4 is 23.2 Å². The number of benzene rings is 2. The standard InChI is InChI=1S/C13H12N.C9H7N/c1-3-7-13(8-4-1)9-12-14-10-5-2-6-11-14;1-2-6-9-8(4-1)5-3-7-10-9/h1-12H;1-7H/q+1;. The smallest absolute Gasteiger partial charge is 0.175 e. The van der Waals surface area contributed by atoms with Gasteiger partial charge in [-0.1, -0.05) is 60.7 Å². The molecule has 0 aliphatic carbocycles. The van der Waals surface area contributed by atoms with Gasteiger partial charge in [-0.3, -0.25) is 4.98 Å². The third kappa shape index (κ3) is 4.62. The molecular weight excluding hydrogens is 292 g/mol. The molecule has 0 saturated heterocycles. The highest BCUT2D eigenvalue weighted by Gasteiger charge is 1.90. The number of pyridine rings is 2. The second kappa shape index (κ2) is 8.39. The zero-order valence-electron chi connectivity index (χ0n) is 13.4. The summed E-state index contributed by atoms with van der Waals surface area (Å²) in [6.07, 6.45) is 9.95. The fourth-order valence-corrected chi connectivity index (χ4v) is 2.26. The molecule has 2 aromatic heterocycles. The van der Waals surface area contributed by atoms with Crippen molar-refractivity contribution in [2.45, 2.75) is 0 Å². The minimum atomic E-state index is 1.06. The largest absolute Gasteiger partial charge is 0.256 e. The maximum atomic E-state index is 4.18. The fraction of sp³-hybridized carbons (Fsp3) is 0. The average molecular weight is 311 g/mol. The van der Waals surface area contributed by atoms with Gasteiger partial charge in [-0.15, -0.1) is 0 Å². The summed E-state index contributed by atoms with van der Waals surface area (Å²) in [5.41, 5.74) is 2.27. The monoisotopic (exact) mass is 311 g/mol. The molecule has 0 unspecified atom stereocenters. The summed E-state index contributed by atoms with van der Waals surface area (Å²) in [5.74, 6) is 0. The van der Waals surface area contributed by atoms with Crippen LogP contribution in [0.5, 0.6) is 0 Å². The lowest BCUT2D eigenvalue weighted by atomic mass is 10.2. The highest BCUT2D eigenvalue weighted by molar-refractivity contribution is 5.77. The molecule has 4 rings (SSSR count). The van der Waals surface area contributed by atoms with Crippen LogP contribution in [0.1, 0.15) is 5.56 Å². The highest BCUT2D eigenvalue weighted by Crippen LogP contribution is 2.07. The molecule has 0 saturated carbocycles. The number of fused-ring (bicyclic) bond motifs is 1. The predicted molar refractivity (Wildman–Crippen MR) is 100 cm³/mol. The van der Waals surface area contributed by atoms with E-state index < -0.39 is 0 Å². The second-order valence-electron chi connectivity index (χ2n) is 5.25. The van der Waals surface area contributed by atoms with E-state index in [1.165, 1.54) is 10.9 Å². The molecule has 0 amide bonds. The number of nitrogens with zero attached hydrogens (tertiary/aromatic N) is 2. The highest BCUT2D eigenvalue weighted by atomic mass is 14.9. The van der Waals surface area contributed by atoms with Gasteiger partial charge in [0.05, 0.1) is 5.52 Å². The molecule has 0 radical (unpaired) electrons. The Morgan fingerprint density at radius 3 is 2.12 bits per heavy atom. The van der Waals surface area contributed by atoms with Crippen molar-refractivity contribution < 1.29 is 4.57 Å². The first kappa shape index (κ1) is 15.6. The van der Waals surface area contributed by atoms with Crippen LogP contribution in [-0.4, -0.2) is 4.98 Å². The fourth-order valence-electron chi connectivity index (χ4n) is 2.26. The van der Waals surface area contributed by atoms with Gasteiger partial charge in [0.1, 0.15) is 0 Å². The van der Waals surface area contributed by atoms with Crippen LogP contribution in [0, 0.1) is 0 Å². The topological polar surface area (TPSA) is 16.8 Å². The number of para-hydroxylation sites is 1. The molecule has 2 aromatic carbocycles. The first-order chi connectivity index (χ1) is 11.9. The normalized spacial score (nSPS) is 10.3. The molecule has 4 aromatic rings. The number of hydrogen-bond acceptors (Lipinski definition) is 1. The van der Waals surface area contributed by atoms with Crippen LogP contribution in [-0.2, 0) is 0 Å². The zero-order valence-corrected chi connectivity index (χ0v) is 13.4. The van der Waals surface area contributed by atoms with Gasteiger partial charge in [-0.2, -0.15) is 4.57 Å². The summed E-state index contributed by atoms with van der Waals surface area (Å²) in [5, 5.41) is 1.20. The molecule has 0 aliphatic rings. The summed E-state index contributed by atoms with van der Waals surface area (Å²) in [7, 11) is 0. The number of hydrogen-bond donors (Lipinski definition) is 0. The van der Waals surface area contributed by atoms with Gasteiger partial charge in [0.2, 0.25) is 0 Å². The van der Waals surface area contributed by atoms with Crippen LogP contribution < -0.4 is 4.57 Å². The van der Waals surface area contributed by atoms with Crippen LogP contribution in [0.3, 0.4) is 0 Å². The molecule has 0 atom stereocenters. The number of aromatic nitrogens is 2. The Morgan fingerprint density at radius 1 is 0.667 bits per heavy atom. The van der Waals surface area contributed by atoms with E-state index in [0.717, 1.165) is 5.52 Å². The second-order valence-corrected chi connectivity index (χ2v) is 5.25. The lowest BCUT2D eigenvalue weighted by molar-refractivity contribution is -0.567. The van der Waals surface area contributed by atoms with E-state index in [4.69, 9.17) is 0 Å². The molecule has 0 N–H and O–H groups in total. The van der Waals surface area contributed by atoms with Gasteiger partial charge < -0.3 is 0 Å². The molecular formula is C22H19N2+. The third-order valence-corrected chi connectivity index (χ3v) is 3.49. The van der Waals surface area contributed by atoms with Gasteiger partial charge in [-0.25, -0.2) is 0 Å². The van der Waals surface area contributed by atoms with E-state index in [9.17, 15) is 0 Å². The molecule has 0 spiro atoms. The van der Waals surface area contributed by atoms with Gasteiger partial charge in [0, 0.05) is 29.8 Å². The van der Waals surface area contributed by atoms with Crippen LogP contribution >= 0.6 is 0 Å². The van der Waals surface area contributed by atoms with Crippen LogP contribution in [0.4, 0.5) is 0 Å². The Bertz CT molecular complexity index is 793. The Hall–Kier alpha value is -3.26. The third-order valence-electron chi connectivity index (χ3n) is 3.49. The van der Waals surface area contributed by atoms with Crippen molar-refractivity contribution in [3.05, 3.63) is 109 Å². The van der Waals surface area contributed by atoms with Crippen molar-refractivity contribution in [3.8, 4) is 0 Å². The van der Waals surface area contributed by atoms with Gasteiger partial charge in [-0.05, 0) is 17.7 Å². The van der Waals surface area contributed by atoms with Gasteiger partial charge in [0.15, 0.2) is 18.6 Å². The van der Waals surface area contributed by atoms with Gasteiger partial charge >= 0.3 is 0 Å². The van der Waals surface area contributed by atoms with Crippen molar-refractivity contribution in [1.82, 2.24) is 4.98 Å². The van der Waals surface area contributed by atoms with E-state index in [0.29, 0.717) is 0 Å². The summed E-state index contributed by atoms with van der Waals surface area (Å²) in [6, 6.07) is 28.4. The number of rotatable bonds is 2. The molecule has 2 heteroatoms. The first-order valence-corrected chi connectivity index (χ1v) is 7.91.